The molecule has 0 bridgehead atoms. The van der Waals surface area contributed by atoms with Gasteiger partial charge in [0, 0.05) is 38.2 Å². The normalized spacial score (nSPS) is 19.1. The van der Waals surface area contributed by atoms with E-state index in [0.29, 0.717) is 37.4 Å². The number of benzene rings is 1. The predicted octanol–water partition coefficient (Wildman–Crippen LogP) is 2.28. The summed E-state index contributed by atoms with van der Waals surface area (Å²) in [7, 11) is 1.03. The Morgan fingerprint density at radius 2 is 1.65 bits per heavy atom. The zero-order chi connectivity index (χ0) is 22.2. The van der Waals surface area contributed by atoms with Crippen molar-refractivity contribution in [3.63, 3.8) is 0 Å². The molecule has 0 unspecified atom stereocenters. The van der Waals surface area contributed by atoms with Gasteiger partial charge in [0.1, 0.15) is 5.82 Å². The van der Waals surface area contributed by atoms with E-state index < -0.39 is 10.0 Å². The molecule has 0 spiro atoms. The van der Waals surface area contributed by atoms with E-state index in [-0.39, 0.29) is 22.5 Å². The van der Waals surface area contributed by atoms with Crippen LogP contribution in [0.15, 0.2) is 27.9 Å². The molecule has 0 radical (unpaired) electrons. The predicted molar refractivity (Wildman–Crippen MR) is 115 cm³/mol. The van der Waals surface area contributed by atoms with Crippen molar-refractivity contribution in [1.29, 1.82) is 0 Å². The van der Waals surface area contributed by atoms with E-state index >= 15 is 0 Å². The lowest BCUT2D eigenvalue weighted by Crippen LogP contribution is -2.38. The Morgan fingerprint density at radius 1 is 1.00 bits per heavy atom. The molecule has 4 rings (SSSR count). The summed E-state index contributed by atoms with van der Waals surface area (Å²) in [6.07, 6.45) is 5.54. The average molecular weight is 451 g/mol. The molecular weight excluding hydrogens is 420 g/mol. The largest absolute Gasteiger partial charge is 0.493 e. The highest BCUT2D eigenvalue weighted by Gasteiger charge is 2.34. The van der Waals surface area contributed by atoms with Crippen LogP contribution in [0.3, 0.4) is 0 Å². The van der Waals surface area contributed by atoms with E-state index in [0.717, 1.165) is 31.5 Å². The number of sulfonamides is 1. The molecule has 1 aliphatic heterocycles. The molecule has 10 heteroatoms. The highest BCUT2D eigenvalue weighted by molar-refractivity contribution is 7.89. The maximum Gasteiger partial charge on any atom is 0.345 e. The van der Waals surface area contributed by atoms with Crippen LogP contribution in [0.5, 0.6) is 11.5 Å². The van der Waals surface area contributed by atoms with E-state index in [2.05, 4.69) is 5.10 Å². The van der Waals surface area contributed by atoms with Crippen LogP contribution in [0, 0.1) is 0 Å². The summed E-state index contributed by atoms with van der Waals surface area (Å²) >= 11 is 0. The Morgan fingerprint density at radius 3 is 2.26 bits per heavy atom. The van der Waals surface area contributed by atoms with Gasteiger partial charge in [-0.2, -0.15) is 9.40 Å². The first-order chi connectivity index (χ1) is 14.9. The number of aryl methyl sites for hydroxylation is 1. The molecule has 2 fully saturated rings. The Bertz CT molecular complexity index is 1090. The smallest absolute Gasteiger partial charge is 0.345 e. The van der Waals surface area contributed by atoms with Crippen molar-refractivity contribution in [1.82, 2.24) is 18.7 Å². The molecule has 1 saturated heterocycles. The highest BCUT2D eigenvalue weighted by Crippen LogP contribution is 2.36. The molecule has 2 heterocycles. The second kappa shape index (κ2) is 8.66. The molecule has 1 aromatic heterocycles. The van der Waals surface area contributed by atoms with Gasteiger partial charge >= 0.3 is 5.69 Å². The fourth-order valence-electron chi connectivity index (χ4n) is 4.76. The number of ether oxygens (including phenoxy) is 2. The number of nitrogens with zero attached hydrogens (tertiary/aromatic N) is 4. The monoisotopic (exact) mass is 450 g/mol. The number of rotatable bonds is 6. The summed E-state index contributed by atoms with van der Waals surface area (Å²) in [5.41, 5.74) is -0.0673. The van der Waals surface area contributed by atoms with Crippen molar-refractivity contribution in [2.24, 2.45) is 7.05 Å². The van der Waals surface area contributed by atoms with Gasteiger partial charge < -0.3 is 9.47 Å². The standard InChI is InChI=1S/C21H30N4O5S/c1-23-21(26)25(16-6-4-5-7-16)20(22-23)15-10-12-24(13-11-15)31(27,28)17-8-9-18(29-2)19(14-17)30-3/h8-9,14-16H,4-7,10-13H2,1-3H3. The first-order valence-corrected chi connectivity index (χ1v) is 12.2. The molecule has 9 nitrogen and oxygen atoms in total. The lowest BCUT2D eigenvalue weighted by atomic mass is 9.97. The summed E-state index contributed by atoms with van der Waals surface area (Å²) in [6, 6.07) is 4.85. The molecule has 1 aliphatic carbocycles. The van der Waals surface area contributed by atoms with E-state index in [4.69, 9.17) is 9.47 Å². The highest BCUT2D eigenvalue weighted by atomic mass is 32.2. The number of methoxy groups -OCH3 is 2. The molecule has 0 atom stereocenters. The van der Waals surface area contributed by atoms with Gasteiger partial charge in [0.25, 0.3) is 0 Å². The summed E-state index contributed by atoms with van der Waals surface area (Å²) in [6.45, 7) is 0.771. The molecular formula is C21H30N4O5S. The number of piperidine rings is 1. The minimum Gasteiger partial charge on any atom is -0.493 e. The maximum absolute atomic E-state index is 13.2. The first kappa shape index (κ1) is 21.9. The summed E-state index contributed by atoms with van der Waals surface area (Å²) in [5, 5.41) is 4.53. The van der Waals surface area contributed by atoms with Crippen molar-refractivity contribution in [2.75, 3.05) is 27.3 Å². The van der Waals surface area contributed by atoms with Gasteiger partial charge in [-0.3, -0.25) is 4.57 Å². The lowest BCUT2D eigenvalue weighted by Gasteiger charge is -2.31. The fraction of sp³-hybridized carbons (Fsp3) is 0.619. The van der Waals surface area contributed by atoms with Crippen LogP contribution in [0.25, 0.3) is 0 Å². The summed E-state index contributed by atoms with van der Waals surface area (Å²) in [5.74, 6) is 1.75. The van der Waals surface area contributed by atoms with Gasteiger partial charge in [0.2, 0.25) is 10.0 Å². The minimum atomic E-state index is -3.65. The maximum atomic E-state index is 13.2. The van der Waals surface area contributed by atoms with Crippen LogP contribution in [0.4, 0.5) is 0 Å². The van der Waals surface area contributed by atoms with Gasteiger partial charge in [-0.05, 0) is 37.8 Å². The van der Waals surface area contributed by atoms with E-state index in [1.54, 1.807) is 19.2 Å². The molecule has 31 heavy (non-hydrogen) atoms. The van der Waals surface area contributed by atoms with Crippen LogP contribution < -0.4 is 15.2 Å². The van der Waals surface area contributed by atoms with Crippen LogP contribution in [-0.4, -0.2) is 54.4 Å². The van der Waals surface area contributed by atoms with Crippen molar-refractivity contribution in [3.05, 3.63) is 34.5 Å². The Labute approximate surface area is 182 Å². The second-order valence-electron chi connectivity index (χ2n) is 8.27. The van der Waals surface area contributed by atoms with Gasteiger partial charge in [-0.15, -0.1) is 0 Å². The first-order valence-electron chi connectivity index (χ1n) is 10.7. The van der Waals surface area contributed by atoms with Crippen LogP contribution in [0.1, 0.15) is 56.3 Å². The third-order valence-electron chi connectivity index (χ3n) is 6.48. The minimum absolute atomic E-state index is 0.0673. The van der Waals surface area contributed by atoms with Gasteiger partial charge in [-0.25, -0.2) is 17.9 Å². The van der Waals surface area contributed by atoms with Crippen LogP contribution in [0.2, 0.25) is 0 Å². The number of hydrogen-bond acceptors (Lipinski definition) is 6. The fourth-order valence-corrected chi connectivity index (χ4v) is 6.25. The van der Waals surface area contributed by atoms with Crippen LogP contribution in [-0.2, 0) is 17.1 Å². The Kier molecular flexibility index (Phi) is 6.11. The third kappa shape index (κ3) is 3.98. The van der Waals surface area contributed by atoms with E-state index in [1.165, 1.54) is 29.3 Å². The molecule has 0 amide bonds. The SMILES string of the molecule is COc1ccc(S(=O)(=O)N2CCC(c3nn(C)c(=O)n3C3CCCC3)CC2)cc1OC. The Balaban J connectivity index is 1.53. The van der Waals surface area contributed by atoms with Gasteiger partial charge in [0.05, 0.1) is 19.1 Å². The van der Waals surface area contributed by atoms with Crippen molar-refractivity contribution in [3.8, 4) is 11.5 Å². The summed E-state index contributed by atoms with van der Waals surface area (Å²) in [4.78, 5) is 12.9. The number of hydrogen-bond donors (Lipinski definition) is 0. The zero-order valence-corrected chi connectivity index (χ0v) is 19.1. The third-order valence-corrected chi connectivity index (χ3v) is 8.38. The topological polar surface area (TPSA) is 95.7 Å². The average Bonchev–Trinajstić information content (AvgIpc) is 3.41. The molecule has 1 saturated carbocycles. The van der Waals surface area contributed by atoms with Crippen molar-refractivity contribution < 1.29 is 17.9 Å². The quantitative estimate of drug-likeness (QED) is 0.670. The number of aromatic nitrogens is 3. The van der Waals surface area contributed by atoms with Crippen LogP contribution >= 0.6 is 0 Å². The second-order valence-corrected chi connectivity index (χ2v) is 10.2. The summed E-state index contributed by atoms with van der Waals surface area (Å²) < 4.78 is 41.6. The lowest BCUT2D eigenvalue weighted by molar-refractivity contribution is 0.304. The van der Waals surface area contributed by atoms with E-state index in [1.807, 2.05) is 4.57 Å². The van der Waals surface area contributed by atoms with Gasteiger partial charge in [0.15, 0.2) is 11.5 Å². The Hall–Kier alpha value is -2.33. The molecule has 2 aliphatic rings. The molecule has 2 aromatic rings. The molecule has 170 valence electrons. The van der Waals surface area contributed by atoms with E-state index in [9.17, 15) is 13.2 Å². The zero-order valence-electron chi connectivity index (χ0n) is 18.3. The van der Waals surface area contributed by atoms with Crippen molar-refractivity contribution in [2.45, 2.75) is 55.4 Å². The van der Waals surface area contributed by atoms with Gasteiger partial charge in [-0.1, -0.05) is 12.8 Å². The molecule has 1 aromatic carbocycles. The molecule has 0 N–H and O–H groups in total. The van der Waals surface area contributed by atoms with Crippen molar-refractivity contribution >= 4 is 10.0 Å².